The van der Waals surface area contributed by atoms with Crippen molar-refractivity contribution in [2.75, 3.05) is 13.1 Å². The second-order valence-corrected chi connectivity index (χ2v) is 13.4. The van der Waals surface area contributed by atoms with Crippen LogP contribution >= 0.6 is 11.6 Å². The summed E-state index contributed by atoms with van der Waals surface area (Å²) in [4.78, 5) is 34.4. The third kappa shape index (κ3) is 7.47. The quantitative estimate of drug-likeness (QED) is 0.415. The predicted molar refractivity (Wildman–Crippen MR) is 166 cm³/mol. The van der Waals surface area contributed by atoms with Crippen LogP contribution in [0.2, 0.25) is 5.02 Å². The van der Waals surface area contributed by atoms with Crippen LogP contribution in [0.4, 0.5) is 4.79 Å². The van der Waals surface area contributed by atoms with E-state index in [1.807, 2.05) is 34.1 Å². The van der Waals surface area contributed by atoms with Gasteiger partial charge in [-0.15, -0.1) is 0 Å². The monoisotopic (exact) mass is 583 g/mol. The summed E-state index contributed by atoms with van der Waals surface area (Å²) >= 11 is 6.14. The summed E-state index contributed by atoms with van der Waals surface area (Å²) in [5.41, 5.74) is 7.27. The van der Waals surface area contributed by atoms with E-state index in [0.29, 0.717) is 36.6 Å². The van der Waals surface area contributed by atoms with Crippen LogP contribution in [-0.4, -0.2) is 82.0 Å². The number of benzene rings is 1. The summed E-state index contributed by atoms with van der Waals surface area (Å²) in [5.74, 6) is 0.176. The molecule has 3 atom stereocenters. The summed E-state index contributed by atoms with van der Waals surface area (Å²) in [5, 5.41) is 4.44. The summed E-state index contributed by atoms with van der Waals surface area (Å²) in [6, 6.07) is 9.07. The van der Waals surface area contributed by atoms with Crippen molar-refractivity contribution in [2.45, 2.75) is 133 Å². The second kappa shape index (κ2) is 13.9. The van der Waals surface area contributed by atoms with Crippen LogP contribution in [0, 0.1) is 0 Å². The number of piperidine rings is 1. The summed E-state index contributed by atoms with van der Waals surface area (Å²) in [7, 11) is 0. The molecule has 2 saturated carbocycles. The Morgan fingerprint density at radius 3 is 2.10 bits per heavy atom. The van der Waals surface area contributed by atoms with Crippen molar-refractivity contribution >= 4 is 23.5 Å². The minimum absolute atomic E-state index is 0.124. The lowest BCUT2D eigenvalue weighted by Gasteiger charge is -2.46. The van der Waals surface area contributed by atoms with Gasteiger partial charge in [0.15, 0.2) is 0 Å². The minimum atomic E-state index is -0.277. The fourth-order valence-electron chi connectivity index (χ4n) is 7.56. The molecule has 0 aromatic heterocycles. The first-order valence-electron chi connectivity index (χ1n) is 16.1. The van der Waals surface area contributed by atoms with Gasteiger partial charge < -0.3 is 25.8 Å². The maximum atomic E-state index is 14.1. The van der Waals surface area contributed by atoms with E-state index in [1.165, 1.54) is 19.3 Å². The average molecular weight is 584 g/mol. The molecule has 3 amide bonds. The Hall–Kier alpha value is -2.09. The van der Waals surface area contributed by atoms with Gasteiger partial charge in [0.05, 0.1) is 6.04 Å². The molecule has 2 aliphatic heterocycles. The molecule has 0 bridgehead atoms. The Bertz CT molecular complexity index is 1030. The van der Waals surface area contributed by atoms with Crippen LogP contribution in [0.1, 0.15) is 90.0 Å². The summed E-state index contributed by atoms with van der Waals surface area (Å²) < 4.78 is 0. The molecule has 8 heteroatoms. The number of carbonyl (C=O) groups excluding carboxylic acids is 2. The summed E-state index contributed by atoms with van der Waals surface area (Å²) in [6.07, 6.45) is 16.5. The Kier molecular flexibility index (Phi) is 10.3. The largest absolute Gasteiger partial charge is 0.341 e. The highest BCUT2D eigenvalue weighted by Crippen LogP contribution is 2.31. The van der Waals surface area contributed by atoms with Gasteiger partial charge in [-0.05, 0) is 89.3 Å². The number of likely N-dealkylation sites (tertiary alicyclic amines) is 1. The molecule has 1 saturated heterocycles. The number of hydrogen-bond acceptors (Lipinski definition) is 4. The van der Waals surface area contributed by atoms with Crippen LogP contribution < -0.4 is 11.1 Å². The Morgan fingerprint density at radius 1 is 0.902 bits per heavy atom. The number of amides is 3. The number of hydrogen-bond donors (Lipinski definition) is 2. The highest BCUT2D eigenvalue weighted by molar-refractivity contribution is 6.30. The van der Waals surface area contributed by atoms with Crippen molar-refractivity contribution in [3.8, 4) is 0 Å². The highest BCUT2D eigenvalue weighted by Gasteiger charge is 2.40. The van der Waals surface area contributed by atoms with Gasteiger partial charge >= 0.3 is 6.03 Å². The van der Waals surface area contributed by atoms with Gasteiger partial charge in [0.2, 0.25) is 5.91 Å². The Balaban J connectivity index is 1.26. The van der Waals surface area contributed by atoms with Crippen LogP contribution in [0.15, 0.2) is 36.4 Å². The minimum Gasteiger partial charge on any atom is -0.341 e. The first kappa shape index (κ1) is 30.4. The van der Waals surface area contributed by atoms with E-state index in [1.54, 1.807) is 0 Å². The lowest BCUT2D eigenvalue weighted by molar-refractivity contribution is -0.135. The van der Waals surface area contributed by atoms with Crippen molar-refractivity contribution in [3.63, 3.8) is 0 Å². The number of rotatable bonds is 7. The zero-order chi connectivity index (χ0) is 28.9. The highest BCUT2D eigenvalue weighted by atomic mass is 35.5. The van der Waals surface area contributed by atoms with Gasteiger partial charge in [-0.3, -0.25) is 4.79 Å². The zero-order valence-electron chi connectivity index (χ0n) is 25.0. The van der Waals surface area contributed by atoms with Crippen molar-refractivity contribution in [1.29, 1.82) is 0 Å². The molecular weight excluding hydrogens is 534 g/mol. The molecule has 2 heterocycles. The van der Waals surface area contributed by atoms with Crippen LogP contribution in [0.5, 0.6) is 0 Å². The molecule has 1 aromatic rings. The van der Waals surface area contributed by atoms with Gasteiger partial charge in [-0.1, -0.05) is 55.1 Å². The molecule has 4 aliphatic rings. The number of nitrogens with two attached hydrogens (primary N) is 1. The Morgan fingerprint density at radius 2 is 1.49 bits per heavy atom. The summed E-state index contributed by atoms with van der Waals surface area (Å²) in [6.45, 7) is 5.62. The molecule has 3 N–H and O–H groups in total. The van der Waals surface area contributed by atoms with Crippen molar-refractivity contribution in [3.05, 3.63) is 47.0 Å². The fraction of sp³-hybridized carbons (Fsp3) is 0.697. The maximum absolute atomic E-state index is 14.1. The van der Waals surface area contributed by atoms with Crippen LogP contribution in [0.3, 0.4) is 0 Å². The van der Waals surface area contributed by atoms with E-state index in [0.717, 1.165) is 56.9 Å². The molecule has 7 nitrogen and oxygen atoms in total. The van der Waals surface area contributed by atoms with E-state index in [2.05, 4.69) is 36.2 Å². The molecule has 0 spiro atoms. The molecule has 0 radical (unpaired) electrons. The topological polar surface area (TPSA) is 81.9 Å². The SMILES string of the molecule is CC1C=CC(C)N1C(=O)N(C1CCCCC1)C1CCN(C(=O)[C@@H](Cc2ccc(Cl)cc2)NC2CCC(N)CC2)CC1. The zero-order valence-corrected chi connectivity index (χ0v) is 25.8. The second-order valence-electron chi connectivity index (χ2n) is 13.0. The van der Waals surface area contributed by atoms with Gasteiger partial charge in [0, 0.05) is 54.4 Å². The molecule has 2 aliphatic carbocycles. The molecule has 2 unspecified atom stereocenters. The number of urea groups is 1. The molecule has 3 fully saturated rings. The van der Waals surface area contributed by atoms with E-state index >= 15 is 0 Å². The smallest absolute Gasteiger partial charge is 0.321 e. The van der Waals surface area contributed by atoms with Crippen LogP contribution in [0.25, 0.3) is 0 Å². The van der Waals surface area contributed by atoms with E-state index in [-0.39, 0.29) is 42.1 Å². The molecular formula is C33H50ClN5O2. The first-order valence-corrected chi connectivity index (χ1v) is 16.5. The van der Waals surface area contributed by atoms with Gasteiger partial charge in [0.1, 0.15) is 0 Å². The van der Waals surface area contributed by atoms with E-state index in [9.17, 15) is 9.59 Å². The number of nitrogens with zero attached hydrogens (tertiary/aromatic N) is 3. The van der Waals surface area contributed by atoms with E-state index < -0.39 is 0 Å². The molecule has 226 valence electrons. The molecule has 1 aromatic carbocycles. The van der Waals surface area contributed by atoms with Crippen molar-refractivity contribution in [2.24, 2.45) is 5.73 Å². The van der Waals surface area contributed by atoms with Gasteiger partial charge in [-0.2, -0.15) is 0 Å². The van der Waals surface area contributed by atoms with Crippen molar-refractivity contribution < 1.29 is 9.59 Å². The van der Waals surface area contributed by atoms with Gasteiger partial charge in [0.25, 0.3) is 0 Å². The number of nitrogens with one attached hydrogen (secondary N) is 1. The van der Waals surface area contributed by atoms with E-state index in [4.69, 9.17) is 17.3 Å². The third-order valence-corrected chi connectivity index (χ3v) is 10.2. The Labute approximate surface area is 251 Å². The first-order chi connectivity index (χ1) is 19.8. The lowest BCUT2D eigenvalue weighted by atomic mass is 9.90. The third-order valence-electron chi connectivity index (χ3n) is 9.98. The average Bonchev–Trinajstić information content (AvgIpc) is 3.33. The lowest BCUT2D eigenvalue weighted by Crippen LogP contribution is -2.59. The molecule has 41 heavy (non-hydrogen) atoms. The number of halogens is 1. The number of carbonyl (C=O) groups is 2. The van der Waals surface area contributed by atoms with Gasteiger partial charge in [-0.25, -0.2) is 4.79 Å². The molecule has 5 rings (SSSR count). The normalized spacial score (nSPS) is 28.6. The van der Waals surface area contributed by atoms with Crippen LogP contribution in [-0.2, 0) is 11.2 Å². The standard InChI is InChI=1S/C33H50ClN5O2/c1-23-8-9-24(2)38(23)33(41)39(29-6-4-3-5-7-29)30-18-20-37(21-19-30)32(40)31(22-25-10-12-26(34)13-11-25)36-28-16-14-27(35)15-17-28/h8-13,23-24,27-31,36H,3-7,14-22,35H2,1-2H3/t23?,24?,27?,28?,31-/m1/s1. The van der Waals surface area contributed by atoms with Crippen molar-refractivity contribution in [1.82, 2.24) is 20.0 Å². The predicted octanol–water partition coefficient (Wildman–Crippen LogP) is 5.51. The maximum Gasteiger partial charge on any atom is 0.321 e. The fourth-order valence-corrected chi connectivity index (χ4v) is 7.68.